The molecule has 20 heavy (non-hydrogen) atoms. The maximum absolute atomic E-state index is 12.3. The van der Waals surface area contributed by atoms with Gasteiger partial charge < -0.3 is 9.15 Å². The maximum atomic E-state index is 12.3. The minimum Gasteiger partial charge on any atom is -0.465 e. The van der Waals surface area contributed by atoms with Gasteiger partial charge in [0.15, 0.2) is 12.0 Å². The molecule has 0 amide bonds. The third-order valence-corrected chi connectivity index (χ3v) is 4.17. The van der Waals surface area contributed by atoms with E-state index in [9.17, 15) is 18.0 Å². The number of furan rings is 1. The van der Waals surface area contributed by atoms with Crippen LogP contribution in [0, 0.1) is 0 Å². The number of hydrogen-bond donors (Lipinski definition) is 0. The largest absolute Gasteiger partial charge is 0.465 e. The second kappa shape index (κ2) is 5.30. The van der Waals surface area contributed by atoms with Gasteiger partial charge >= 0.3 is 5.97 Å². The fourth-order valence-corrected chi connectivity index (χ4v) is 2.79. The summed E-state index contributed by atoms with van der Waals surface area (Å²) in [5.41, 5.74) is 0.107. The van der Waals surface area contributed by atoms with E-state index in [0.29, 0.717) is 6.29 Å². The van der Waals surface area contributed by atoms with Crippen molar-refractivity contribution in [2.24, 2.45) is 0 Å². The Hall–Kier alpha value is -2.41. The van der Waals surface area contributed by atoms with Gasteiger partial charge in [-0.25, -0.2) is 13.2 Å². The molecule has 0 N–H and O–H groups in total. The highest BCUT2D eigenvalue weighted by molar-refractivity contribution is 7.91. The zero-order chi connectivity index (χ0) is 14.8. The summed E-state index contributed by atoms with van der Waals surface area (Å²) < 4.78 is 34.0. The molecule has 7 heteroatoms. The average Bonchev–Trinajstić information content (AvgIpc) is 2.96. The van der Waals surface area contributed by atoms with Gasteiger partial charge in [-0.2, -0.15) is 0 Å². The summed E-state index contributed by atoms with van der Waals surface area (Å²) in [6, 6.07) is 7.80. The van der Waals surface area contributed by atoms with Crippen molar-refractivity contribution >= 4 is 22.1 Å². The van der Waals surface area contributed by atoms with E-state index in [0.717, 1.165) is 0 Å². The van der Waals surface area contributed by atoms with Crippen LogP contribution in [-0.4, -0.2) is 27.8 Å². The van der Waals surface area contributed by atoms with E-state index in [2.05, 4.69) is 4.74 Å². The summed E-state index contributed by atoms with van der Waals surface area (Å²) in [5, 5.41) is -0.360. The van der Waals surface area contributed by atoms with Gasteiger partial charge in [-0.05, 0) is 30.3 Å². The number of benzene rings is 1. The highest BCUT2D eigenvalue weighted by Gasteiger charge is 2.23. The van der Waals surface area contributed by atoms with Crippen molar-refractivity contribution in [3.63, 3.8) is 0 Å². The Balaban J connectivity index is 2.49. The number of hydrogen-bond acceptors (Lipinski definition) is 6. The topological polar surface area (TPSA) is 90.7 Å². The molecular weight excluding hydrogens is 284 g/mol. The second-order valence-corrected chi connectivity index (χ2v) is 5.68. The van der Waals surface area contributed by atoms with Crippen LogP contribution in [0.4, 0.5) is 0 Å². The molecule has 0 aliphatic rings. The normalized spacial score (nSPS) is 11.1. The lowest BCUT2D eigenvalue weighted by Crippen LogP contribution is -2.05. The number of rotatable bonds is 4. The molecule has 0 atom stereocenters. The highest BCUT2D eigenvalue weighted by atomic mass is 32.2. The lowest BCUT2D eigenvalue weighted by atomic mass is 10.2. The Labute approximate surface area is 114 Å². The fraction of sp³-hybridized carbons (Fsp3) is 0.0769. The van der Waals surface area contributed by atoms with E-state index in [-0.39, 0.29) is 21.3 Å². The molecule has 6 nitrogen and oxygen atoms in total. The van der Waals surface area contributed by atoms with E-state index in [1.165, 1.54) is 43.5 Å². The van der Waals surface area contributed by atoms with Crippen LogP contribution in [0.2, 0.25) is 0 Å². The predicted molar refractivity (Wildman–Crippen MR) is 67.3 cm³/mol. The SMILES string of the molecule is COC(=O)c1cccc(S(=O)(=O)c2ccc(C=O)o2)c1. The van der Waals surface area contributed by atoms with Gasteiger partial charge in [-0.3, -0.25) is 4.79 Å². The van der Waals surface area contributed by atoms with Gasteiger partial charge in [-0.1, -0.05) is 6.07 Å². The first kappa shape index (κ1) is 14.0. The standard InChI is InChI=1S/C13H10O6S/c1-18-13(15)9-3-2-4-11(7-9)20(16,17)12-6-5-10(8-14)19-12/h2-8H,1H3. The Bertz CT molecular complexity index is 757. The molecule has 0 aliphatic heterocycles. The average molecular weight is 294 g/mol. The van der Waals surface area contributed by atoms with Crippen molar-refractivity contribution in [1.82, 2.24) is 0 Å². The summed E-state index contributed by atoms with van der Waals surface area (Å²) in [6.07, 6.45) is 0.407. The van der Waals surface area contributed by atoms with E-state index < -0.39 is 15.8 Å². The molecule has 1 aromatic carbocycles. The van der Waals surface area contributed by atoms with Crippen molar-refractivity contribution in [3.05, 3.63) is 47.7 Å². The van der Waals surface area contributed by atoms with E-state index in [1.54, 1.807) is 0 Å². The molecule has 2 rings (SSSR count). The van der Waals surface area contributed by atoms with Crippen molar-refractivity contribution in [1.29, 1.82) is 0 Å². The third kappa shape index (κ3) is 2.48. The van der Waals surface area contributed by atoms with Crippen LogP contribution >= 0.6 is 0 Å². The zero-order valence-electron chi connectivity index (χ0n) is 10.4. The van der Waals surface area contributed by atoms with Crippen LogP contribution < -0.4 is 0 Å². The molecule has 0 unspecified atom stereocenters. The van der Waals surface area contributed by atoms with Gasteiger partial charge in [0, 0.05) is 0 Å². The monoisotopic (exact) mass is 294 g/mol. The molecule has 2 aromatic rings. The molecule has 1 aromatic heterocycles. The van der Waals surface area contributed by atoms with Crippen molar-refractivity contribution in [2.75, 3.05) is 7.11 Å². The van der Waals surface area contributed by atoms with Crippen LogP contribution in [0.25, 0.3) is 0 Å². The summed E-state index contributed by atoms with van der Waals surface area (Å²) in [5.74, 6) is -0.734. The number of aldehydes is 1. The summed E-state index contributed by atoms with van der Waals surface area (Å²) in [4.78, 5) is 21.8. The lowest BCUT2D eigenvalue weighted by molar-refractivity contribution is 0.0600. The number of esters is 1. The van der Waals surface area contributed by atoms with Gasteiger partial charge in [0.05, 0.1) is 17.6 Å². The second-order valence-electron chi connectivity index (χ2n) is 3.80. The Kier molecular flexibility index (Phi) is 3.71. The molecule has 1 heterocycles. The fourth-order valence-electron chi connectivity index (χ4n) is 1.57. The number of ether oxygens (including phenoxy) is 1. The first-order chi connectivity index (χ1) is 9.48. The van der Waals surface area contributed by atoms with E-state index >= 15 is 0 Å². The minimum absolute atomic E-state index is 0.0901. The van der Waals surface area contributed by atoms with Gasteiger partial charge in [0.2, 0.25) is 14.9 Å². The van der Waals surface area contributed by atoms with Crippen LogP contribution in [0.15, 0.2) is 50.8 Å². The van der Waals surface area contributed by atoms with Gasteiger partial charge in [0.25, 0.3) is 0 Å². The number of carbonyl (C=O) groups is 2. The van der Waals surface area contributed by atoms with Crippen molar-refractivity contribution < 1.29 is 27.2 Å². The molecule has 0 aliphatic carbocycles. The minimum atomic E-state index is -3.93. The maximum Gasteiger partial charge on any atom is 0.337 e. The zero-order valence-corrected chi connectivity index (χ0v) is 11.2. The number of sulfone groups is 1. The summed E-state index contributed by atoms with van der Waals surface area (Å²) >= 11 is 0. The molecule has 0 spiro atoms. The molecular formula is C13H10O6S. The molecule has 0 bridgehead atoms. The van der Waals surface area contributed by atoms with Gasteiger partial charge in [0.1, 0.15) is 0 Å². The smallest absolute Gasteiger partial charge is 0.337 e. The van der Waals surface area contributed by atoms with E-state index in [1.807, 2.05) is 0 Å². The quantitative estimate of drug-likeness (QED) is 0.630. The third-order valence-electron chi connectivity index (χ3n) is 2.55. The van der Waals surface area contributed by atoms with Crippen LogP contribution in [-0.2, 0) is 14.6 Å². The molecule has 0 fully saturated rings. The van der Waals surface area contributed by atoms with Crippen LogP contribution in [0.1, 0.15) is 20.9 Å². The van der Waals surface area contributed by atoms with Crippen molar-refractivity contribution in [2.45, 2.75) is 9.99 Å². The molecule has 0 saturated carbocycles. The van der Waals surface area contributed by atoms with Crippen LogP contribution in [0.3, 0.4) is 0 Å². The molecule has 104 valence electrons. The Morgan fingerprint density at radius 2 is 2.00 bits per heavy atom. The lowest BCUT2D eigenvalue weighted by Gasteiger charge is -2.03. The highest BCUT2D eigenvalue weighted by Crippen LogP contribution is 2.23. The molecule has 0 saturated heterocycles. The van der Waals surface area contributed by atoms with Gasteiger partial charge in [-0.15, -0.1) is 0 Å². The molecule has 0 radical (unpaired) electrons. The van der Waals surface area contributed by atoms with Crippen LogP contribution in [0.5, 0.6) is 0 Å². The Morgan fingerprint density at radius 1 is 1.25 bits per heavy atom. The first-order valence-electron chi connectivity index (χ1n) is 5.47. The predicted octanol–water partition coefficient (Wildman–Crippen LogP) is 1.71. The number of carbonyl (C=O) groups excluding carboxylic acids is 2. The van der Waals surface area contributed by atoms with E-state index in [4.69, 9.17) is 4.42 Å². The number of methoxy groups -OCH3 is 1. The first-order valence-corrected chi connectivity index (χ1v) is 6.96. The summed E-state index contributed by atoms with van der Waals surface area (Å²) in [7, 11) is -2.73. The Morgan fingerprint density at radius 3 is 2.60 bits per heavy atom. The summed E-state index contributed by atoms with van der Waals surface area (Å²) in [6.45, 7) is 0. The van der Waals surface area contributed by atoms with Crippen molar-refractivity contribution in [3.8, 4) is 0 Å².